The molecule has 0 bridgehead atoms. The predicted octanol–water partition coefficient (Wildman–Crippen LogP) is 2.38. The Balaban J connectivity index is 1.76. The van der Waals surface area contributed by atoms with Crippen LogP contribution in [0, 0.1) is 0 Å². The Bertz CT molecular complexity index is 757. The summed E-state index contributed by atoms with van der Waals surface area (Å²) in [5.74, 6) is -0.828. The van der Waals surface area contributed by atoms with E-state index in [1.165, 1.54) is 11.3 Å². The SMILES string of the molecule is CCc1ccc2c(c1)CC(C(=O)Nc1nnc(CC)s1)OC2=O. The van der Waals surface area contributed by atoms with Crippen LogP contribution in [0.15, 0.2) is 18.2 Å². The van der Waals surface area contributed by atoms with E-state index in [4.69, 9.17) is 4.74 Å². The molecule has 0 radical (unpaired) electrons. The molecule has 120 valence electrons. The second-order valence-corrected chi connectivity index (χ2v) is 6.35. The number of amides is 1. The monoisotopic (exact) mass is 331 g/mol. The molecule has 0 saturated heterocycles. The molecule has 1 unspecified atom stereocenters. The van der Waals surface area contributed by atoms with Gasteiger partial charge in [0.2, 0.25) is 5.13 Å². The number of nitrogens with zero attached hydrogens (tertiary/aromatic N) is 2. The number of anilines is 1. The molecule has 1 amide bonds. The van der Waals surface area contributed by atoms with E-state index in [0.717, 1.165) is 29.0 Å². The smallest absolute Gasteiger partial charge is 0.339 e. The summed E-state index contributed by atoms with van der Waals surface area (Å²) in [4.78, 5) is 24.4. The molecule has 0 aliphatic carbocycles. The summed E-state index contributed by atoms with van der Waals surface area (Å²) in [7, 11) is 0. The molecule has 0 spiro atoms. The summed E-state index contributed by atoms with van der Waals surface area (Å²) in [5.41, 5.74) is 2.53. The van der Waals surface area contributed by atoms with E-state index >= 15 is 0 Å². The molecule has 7 heteroatoms. The van der Waals surface area contributed by atoms with E-state index in [9.17, 15) is 9.59 Å². The topological polar surface area (TPSA) is 81.2 Å². The number of rotatable bonds is 4. The van der Waals surface area contributed by atoms with Gasteiger partial charge < -0.3 is 4.74 Å². The van der Waals surface area contributed by atoms with Crippen LogP contribution in [0.3, 0.4) is 0 Å². The van der Waals surface area contributed by atoms with Crippen molar-refractivity contribution in [3.8, 4) is 0 Å². The highest BCUT2D eigenvalue weighted by Crippen LogP contribution is 2.24. The van der Waals surface area contributed by atoms with E-state index in [1.54, 1.807) is 6.07 Å². The molecule has 1 aliphatic rings. The summed E-state index contributed by atoms with van der Waals surface area (Å²) >= 11 is 1.32. The summed E-state index contributed by atoms with van der Waals surface area (Å²) in [6, 6.07) is 5.65. The molecule has 1 aliphatic heterocycles. The Kier molecular flexibility index (Phi) is 4.38. The highest BCUT2D eigenvalue weighted by atomic mass is 32.1. The number of carbonyl (C=O) groups excluding carboxylic acids is 2. The van der Waals surface area contributed by atoms with E-state index < -0.39 is 12.1 Å². The first-order valence-electron chi connectivity index (χ1n) is 7.56. The first kappa shape index (κ1) is 15.6. The largest absolute Gasteiger partial charge is 0.448 e. The minimum absolute atomic E-state index is 0.371. The number of fused-ring (bicyclic) bond motifs is 1. The van der Waals surface area contributed by atoms with Crippen LogP contribution in [-0.4, -0.2) is 28.2 Å². The maximum Gasteiger partial charge on any atom is 0.339 e. The molecule has 2 heterocycles. The van der Waals surface area contributed by atoms with Gasteiger partial charge in [-0.15, -0.1) is 10.2 Å². The fraction of sp³-hybridized carbons (Fsp3) is 0.375. The molecule has 1 N–H and O–H groups in total. The van der Waals surface area contributed by atoms with Crippen molar-refractivity contribution in [2.75, 3.05) is 5.32 Å². The third-order valence-corrected chi connectivity index (χ3v) is 4.73. The van der Waals surface area contributed by atoms with Crippen molar-refractivity contribution in [1.29, 1.82) is 0 Å². The van der Waals surface area contributed by atoms with Gasteiger partial charge in [-0.1, -0.05) is 37.3 Å². The number of carbonyl (C=O) groups is 2. The van der Waals surface area contributed by atoms with Crippen LogP contribution in [0.1, 0.15) is 40.3 Å². The van der Waals surface area contributed by atoms with Gasteiger partial charge in [0.1, 0.15) is 5.01 Å². The summed E-state index contributed by atoms with van der Waals surface area (Å²) < 4.78 is 5.26. The zero-order valence-corrected chi connectivity index (χ0v) is 13.8. The molecule has 23 heavy (non-hydrogen) atoms. The van der Waals surface area contributed by atoms with Crippen LogP contribution in [0.5, 0.6) is 0 Å². The number of hydrogen-bond donors (Lipinski definition) is 1. The molecule has 2 aromatic rings. The normalized spacial score (nSPS) is 16.6. The number of hydrogen-bond acceptors (Lipinski definition) is 6. The lowest BCUT2D eigenvalue weighted by Crippen LogP contribution is -2.38. The molecule has 1 aromatic heterocycles. The molecule has 0 fully saturated rings. The summed E-state index contributed by atoms with van der Waals surface area (Å²) in [5, 5.41) is 11.8. The van der Waals surface area contributed by atoms with Crippen LogP contribution >= 0.6 is 11.3 Å². The summed E-state index contributed by atoms with van der Waals surface area (Å²) in [6.07, 6.45) is 1.18. The second kappa shape index (κ2) is 6.45. The number of cyclic esters (lactones) is 1. The maximum absolute atomic E-state index is 12.3. The average molecular weight is 331 g/mol. The zero-order chi connectivity index (χ0) is 16.4. The zero-order valence-electron chi connectivity index (χ0n) is 13.0. The van der Waals surface area contributed by atoms with Crippen LogP contribution in [0.25, 0.3) is 0 Å². The Hall–Kier alpha value is -2.28. The highest BCUT2D eigenvalue weighted by Gasteiger charge is 2.31. The number of aryl methyl sites for hydroxylation is 2. The quantitative estimate of drug-likeness (QED) is 0.870. The van der Waals surface area contributed by atoms with Gasteiger partial charge in [0, 0.05) is 6.42 Å². The number of esters is 1. The van der Waals surface area contributed by atoms with Crippen molar-refractivity contribution in [2.24, 2.45) is 0 Å². The standard InChI is InChI=1S/C16H17N3O3S/c1-3-9-5-6-11-10(7-9)8-12(22-15(11)21)14(20)17-16-19-18-13(4-2)23-16/h5-7,12H,3-4,8H2,1-2H3,(H,17,19,20). The Morgan fingerprint density at radius 3 is 2.87 bits per heavy atom. The van der Waals surface area contributed by atoms with Gasteiger partial charge in [0.15, 0.2) is 6.10 Å². The van der Waals surface area contributed by atoms with Gasteiger partial charge in [0.25, 0.3) is 5.91 Å². The first-order chi connectivity index (χ1) is 11.1. The highest BCUT2D eigenvalue weighted by molar-refractivity contribution is 7.15. The second-order valence-electron chi connectivity index (χ2n) is 5.29. The fourth-order valence-corrected chi connectivity index (χ4v) is 3.13. The van der Waals surface area contributed by atoms with Crippen LogP contribution < -0.4 is 5.32 Å². The molecular formula is C16H17N3O3S. The van der Waals surface area contributed by atoms with Crippen molar-refractivity contribution in [3.05, 3.63) is 39.9 Å². The first-order valence-corrected chi connectivity index (χ1v) is 8.38. The average Bonchev–Trinajstić information content (AvgIpc) is 3.01. The van der Waals surface area contributed by atoms with Gasteiger partial charge in [0.05, 0.1) is 5.56 Å². The number of benzene rings is 1. The van der Waals surface area contributed by atoms with Crippen LogP contribution in [0.2, 0.25) is 0 Å². The van der Waals surface area contributed by atoms with Gasteiger partial charge in [-0.05, 0) is 30.0 Å². The van der Waals surface area contributed by atoms with Crippen molar-refractivity contribution >= 4 is 28.3 Å². The Morgan fingerprint density at radius 1 is 1.35 bits per heavy atom. The van der Waals surface area contributed by atoms with Gasteiger partial charge in [-0.2, -0.15) is 0 Å². The molecular weight excluding hydrogens is 314 g/mol. The van der Waals surface area contributed by atoms with E-state index in [0.29, 0.717) is 17.1 Å². The fourth-order valence-electron chi connectivity index (χ4n) is 2.45. The third kappa shape index (κ3) is 3.24. The van der Waals surface area contributed by atoms with Gasteiger partial charge >= 0.3 is 5.97 Å². The van der Waals surface area contributed by atoms with Gasteiger partial charge in [-0.3, -0.25) is 10.1 Å². The summed E-state index contributed by atoms with van der Waals surface area (Å²) in [6.45, 7) is 4.02. The number of nitrogens with one attached hydrogen (secondary N) is 1. The van der Waals surface area contributed by atoms with Crippen LogP contribution in [0.4, 0.5) is 5.13 Å². The lowest BCUT2D eigenvalue weighted by Gasteiger charge is -2.23. The maximum atomic E-state index is 12.3. The molecule has 0 saturated carbocycles. The van der Waals surface area contributed by atoms with Crippen molar-refractivity contribution < 1.29 is 14.3 Å². The van der Waals surface area contributed by atoms with E-state index in [2.05, 4.69) is 15.5 Å². The molecule has 6 nitrogen and oxygen atoms in total. The number of aromatic nitrogens is 2. The van der Waals surface area contributed by atoms with Gasteiger partial charge in [-0.25, -0.2) is 4.79 Å². The minimum Gasteiger partial charge on any atom is -0.448 e. The van der Waals surface area contributed by atoms with Crippen molar-refractivity contribution in [1.82, 2.24) is 10.2 Å². The molecule has 1 atom stereocenters. The van der Waals surface area contributed by atoms with Crippen LogP contribution in [-0.2, 0) is 28.8 Å². The Morgan fingerprint density at radius 2 is 2.17 bits per heavy atom. The number of ether oxygens (including phenoxy) is 1. The lowest BCUT2D eigenvalue weighted by molar-refractivity contribution is -0.125. The Labute approximate surface area is 137 Å². The molecule has 3 rings (SSSR count). The third-order valence-electron chi connectivity index (χ3n) is 3.74. The van der Waals surface area contributed by atoms with Crippen molar-refractivity contribution in [3.63, 3.8) is 0 Å². The van der Waals surface area contributed by atoms with E-state index in [1.807, 2.05) is 26.0 Å². The van der Waals surface area contributed by atoms with E-state index in [-0.39, 0.29) is 5.91 Å². The predicted molar refractivity (Wildman–Crippen MR) is 86.6 cm³/mol. The molecule has 1 aromatic carbocycles. The van der Waals surface area contributed by atoms with Crippen molar-refractivity contribution in [2.45, 2.75) is 39.2 Å². The minimum atomic E-state index is -0.837. The lowest BCUT2D eigenvalue weighted by atomic mass is 9.95.